The van der Waals surface area contributed by atoms with E-state index in [1.807, 2.05) is 18.3 Å². The van der Waals surface area contributed by atoms with Crippen molar-refractivity contribution in [3.8, 4) is 0 Å². The normalized spacial score (nSPS) is 13.9. The van der Waals surface area contributed by atoms with Gasteiger partial charge in [0, 0.05) is 47.1 Å². The van der Waals surface area contributed by atoms with Gasteiger partial charge in [-0.05, 0) is 59.1 Å². The molecule has 0 spiro atoms. The minimum atomic E-state index is -0.115. The Morgan fingerprint density at radius 3 is 2.94 bits per heavy atom. The fraction of sp³-hybridized carbons (Fsp3) is 0.174. The third-order valence-corrected chi connectivity index (χ3v) is 6.09. The van der Waals surface area contributed by atoms with E-state index in [9.17, 15) is 4.79 Å². The van der Waals surface area contributed by atoms with Gasteiger partial charge in [-0.1, -0.05) is 12.7 Å². The maximum Gasteiger partial charge on any atom is 0.321 e. The zero-order valence-electron chi connectivity index (χ0n) is 17.5. The molecule has 8 nitrogen and oxygen atoms in total. The van der Waals surface area contributed by atoms with Crippen LogP contribution >= 0.6 is 15.9 Å². The van der Waals surface area contributed by atoms with E-state index in [0.717, 1.165) is 49.9 Å². The maximum absolute atomic E-state index is 12.2. The number of anilines is 2. The van der Waals surface area contributed by atoms with Gasteiger partial charge in [0.25, 0.3) is 0 Å². The van der Waals surface area contributed by atoms with Crippen molar-refractivity contribution in [3.05, 3.63) is 65.2 Å². The van der Waals surface area contributed by atoms with E-state index in [4.69, 9.17) is 0 Å². The van der Waals surface area contributed by atoms with Crippen molar-refractivity contribution in [2.75, 3.05) is 18.4 Å². The molecule has 0 fully saturated rings. The van der Waals surface area contributed by atoms with Crippen molar-refractivity contribution in [1.82, 2.24) is 30.4 Å². The quantitative estimate of drug-likeness (QED) is 0.312. The molecule has 4 N–H and O–H groups in total. The lowest BCUT2D eigenvalue weighted by molar-refractivity contribution is 0.206. The molecule has 0 radical (unpaired) electrons. The van der Waals surface area contributed by atoms with Crippen LogP contribution in [0.1, 0.15) is 19.0 Å². The van der Waals surface area contributed by atoms with Crippen molar-refractivity contribution in [2.45, 2.75) is 13.3 Å². The average molecular weight is 492 g/mol. The van der Waals surface area contributed by atoms with Gasteiger partial charge < -0.3 is 20.5 Å². The van der Waals surface area contributed by atoms with Crippen LogP contribution in [0.3, 0.4) is 0 Å². The van der Waals surface area contributed by atoms with Crippen molar-refractivity contribution >= 4 is 60.8 Å². The predicted octanol–water partition coefficient (Wildman–Crippen LogP) is 5.28. The van der Waals surface area contributed by atoms with Gasteiger partial charge in [-0.15, -0.1) is 0 Å². The number of pyridine rings is 1. The molecule has 4 aromatic rings. The van der Waals surface area contributed by atoms with Gasteiger partial charge in [-0.25, -0.2) is 9.78 Å². The highest BCUT2D eigenvalue weighted by molar-refractivity contribution is 9.10. The first kappa shape index (κ1) is 20.3. The number of benzene rings is 1. The topological polar surface area (TPSA) is 102 Å². The molecule has 1 aromatic carbocycles. The lowest BCUT2D eigenvalue weighted by Crippen LogP contribution is -2.41. The molecule has 0 atom stereocenters. The van der Waals surface area contributed by atoms with E-state index in [-0.39, 0.29) is 6.03 Å². The molecule has 0 aliphatic carbocycles. The van der Waals surface area contributed by atoms with Crippen molar-refractivity contribution in [3.63, 3.8) is 0 Å². The summed E-state index contributed by atoms with van der Waals surface area (Å²) in [6, 6.07) is 8.07. The number of fused-ring (bicyclic) bond motifs is 2. The Bertz CT molecular complexity index is 1380. The Balaban J connectivity index is 1.42. The Morgan fingerprint density at radius 2 is 2.16 bits per heavy atom. The number of hydrogen-bond acceptors (Lipinski definition) is 4. The molecule has 162 valence electrons. The number of urea groups is 1. The van der Waals surface area contributed by atoms with E-state index in [2.05, 4.69) is 71.5 Å². The van der Waals surface area contributed by atoms with Crippen LogP contribution in [0.15, 0.2) is 59.5 Å². The smallest absolute Gasteiger partial charge is 0.321 e. The highest BCUT2D eigenvalue weighted by atomic mass is 79.9. The fourth-order valence-corrected chi connectivity index (χ4v) is 4.29. The number of H-pyrrole nitrogens is 2. The van der Waals surface area contributed by atoms with Gasteiger partial charge in [-0.2, -0.15) is 5.10 Å². The van der Waals surface area contributed by atoms with Crippen LogP contribution in [0.25, 0.3) is 27.5 Å². The summed E-state index contributed by atoms with van der Waals surface area (Å²) in [6.45, 7) is 6.71. The number of nitrogens with one attached hydrogen (secondary N) is 4. The molecule has 3 aromatic heterocycles. The van der Waals surface area contributed by atoms with E-state index in [0.29, 0.717) is 18.8 Å². The largest absolute Gasteiger partial charge is 0.354 e. The molecule has 0 unspecified atom stereocenters. The molecule has 0 saturated carbocycles. The molecular weight excluding hydrogens is 470 g/mol. The van der Waals surface area contributed by atoms with Gasteiger partial charge in [0.2, 0.25) is 0 Å². The van der Waals surface area contributed by atoms with Crippen LogP contribution in [0.4, 0.5) is 16.2 Å². The number of carbonyl (C=O) groups is 1. The number of nitrogens with zero attached hydrogens (tertiary/aromatic N) is 3. The second kappa shape index (κ2) is 8.16. The summed E-state index contributed by atoms with van der Waals surface area (Å²) in [4.78, 5) is 22.0. The first-order chi connectivity index (χ1) is 15.5. The Hall–Kier alpha value is -3.59. The van der Waals surface area contributed by atoms with Gasteiger partial charge in [0.05, 0.1) is 21.9 Å². The number of carbonyl (C=O) groups excluding carboxylic acids is 1. The van der Waals surface area contributed by atoms with E-state index in [1.54, 1.807) is 18.0 Å². The standard InChI is InChI=1S/C23H22BrN7O/c1-13(2)27-23(32)31-7-5-14(6-8-31)20-10-17-21(18(24)12-25-22(17)29-20)28-16-3-4-19-15(9-16)11-26-30-19/h3-5,9-12H,1,6-8H2,2H3,(H,26,30)(H,27,32)(H2,25,28,29). The van der Waals surface area contributed by atoms with Crippen LogP contribution in [0.2, 0.25) is 0 Å². The highest BCUT2D eigenvalue weighted by Gasteiger charge is 2.20. The summed E-state index contributed by atoms with van der Waals surface area (Å²) in [5, 5.41) is 15.4. The Morgan fingerprint density at radius 1 is 1.28 bits per heavy atom. The Kier molecular flexibility index (Phi) is 5.18. The molecular formula is C23H22BrN7O. The molecule has 0 saturated heterocycles. The first-order valence-electron chi connectivity index (χ1n) is 10.3. The SMILES string of the molecule is C=C(C)NC(=O)N1CC=C(c2cc3c(Nc4ccc5[nH]ncc5c4)c(Br)cnc3[nH]2)CC1. The van der Waals surface area contributed by atoms with Gasteiger partial charge >= 0.3 is 6.03 Å². The van der Waals surface area contributed by atoms with Gasteiger partial charge in [0.15, 0.2) is 0 Å². The summed E-state index contributed by atoms with van der Waals surface area (Å²) < 4.78 is 0.878. The summed E-state index contributed by atoms with van der Waals surface area (Å²) in [6.07, 6.45) is 6.44. The molecule has 1 aliphatic rings. The highest BCUT2D eigenvalue weighted by Crippen LogP contribution is 2.35. The molecule has 32 heavy (non-hydrogen) atoms. The minimum Gasteiger partial charge on any atom is -0.354 e. The summed E-state index contributed by atoms with van der Waals surface area (Å²) in [7, 11) is 0. The predicted molar refractivity (Wildman–Crippen MR) is 131 cm³/mol. The second-order valence-corrected chi connectivity index (χ2v) is 8.71. The third kappa shape index (κ3) is 3.87. The van der Waals surface area contributed by atoms with Crippen molar-refractivity contribution in [2.24, 2.45) is 0 Å². The van der Waals surface area contributed by atoms with Crippen LogP contribution in [0, 0.1) is 0 Å². The maximum atomic E-state index is 12.2. The number of halogens is 1. The minimum absolute atomic E-state index is 0.115. The van der Waals surface area contributed by atoms with Crippen LogP contribution in [0.5, 0.6) is 0 Å². The van der Waals surface area contributed by atoms with Crippen LogP contribution < -0.4 is 10.6 Å². The molecule has 5 rings (SSSR count). The van der Waals surface area contributed by atoms with Gasteiger partial charge in [-0.3, -0.25) is 5.10 Å². The summed E-state index contributed by atoms with van der Waals surface area (Å²) in [5.74, 6) is 0. The zero-order valence-corrected chi connectivity index (χ0v) is 19.1. The van der Waals surface area contributed by atoms with Crippen LogP contribution in [-0.2, 0) is 0 Å². The average Bonchev–Trinajstić information content (AvgIpc) is 3.42. The van der Waals surface area contributed by atoms with Crippen molar-refractivity contribution in [1.29, 1.82) is 0 Å². The lowest BCUT2D eigenvalue weighted by atomic mass is 10.0. The molecule has 1 aliphatic heterocycles. The lowest BCUT2D eigenvalue weighted by Gasteiger charge is -2.26. The summed E-state index contributed by atoms with van der Waals surface area (Å²) >= 11 is 3.64. The molecule has 2 amide bonds. The number of amides is 2. The van der Waals surface area contributed by atoms with Crippen LogP contribution in [-0.4, -0.2) is 44.2 Å². The molecule has 0 bridgehead atoms. The van der Waals surface area contributed by atoms with Gasteiger partial charge in [0.1, 0.15) is 5.65 Å². The summed E-state index contributed by atoms with van der Waals surface area (Å²) in [5.41, 5.74) is 6.53. The third-order valence-electron chi connectivity index (χ3n) is 5.48. The number of hydrogen-bond donors (Lipinski definition) is 4. The van der Waals surface area contributed by atoms with E-state index in [1.165, 1.54) is 5.57 Å². The number of aromatic amines is 2. The number of aromatic nitrogens is 4. The van der Waals surface area contributed by atoms with E-state index >= 15 is 0 Å². The number of rotatable bonds is 4. The first-order valence-corrected chi connectivity index (χ1v) is 11.1. The Labute approximate surface area is 192 Å². The monoisotopic (exact) mass is 491 g/mol. The zero-order chi connectivity index (χ0) is 22.2. The second-order valence-electron chi connectivity index (χ2n) is 7.86. The van der Waals surface area contributed by atoms with Crippen molar-refractivity contribution < 1.29 is 4.79 Å². The fourth-order valence-electron chi connectivity index (χ4n) is 3.88. The number of allylic oxidation sites excluding steroid dienone is 1. The van der Waals surface area contributed by atoms with E-state index < -0.39 is 0 Å². The molecule has 9 heteroatoms. The molecule has 4 heterocycles.